The molecule has 0 spiro atoms. The number of pyridine rings is 1. The van der Waals surface area contributed by atoms with Crippen LogP contribution in [0.1, 0.15) is 19.5 Å². The van der Waals surface area contributed by atoms with Crippen LogP contribution in [0, 0.1) is 0 Å². The number of aliphatic hydroxyl groups is 1. The van der Waals surface area contributed by atoms with Gasteiger partial charge in [0.15, 0.2) is 0 Å². The number of rotatable bonds is 7. The monoisotopic (exact) mass is 420 g/mol. The van der Waals surface area contributed by atoms with E-state index in [-0.39, 0.29) is 6.61 Å². The first-order chi connectivity index (χ1) is 15.0. The molecule has 0 atom stereocenters. The first kappa shape index (κ1) is 21.1. The van der Waals surface area contributed by atoms with Gasteiger partial charge in [-0.3, -0.25) is 5.43 Å². The Morgan fingerprint density at radius 1 is 1.13 bits per heavy atom. The Morgan fingerprint density at radius 2 is 1.90 bits per heavy atom. The summed E-state index contributed by atoms with van der Waals surface area (Å²) in [6, 6.07) is 18.2. The average Bonchev–Trinajstić information content (AvgIpc) is 2.78. The van der Waals surface area contributed by atoms with Crippen LogP contribution in [0.4, 0.5) is 11.4 Å². The molecular formula is C24H28N4O3. The van der Waals surface area contributed by atoms with Crippen LogP contribution < -0.4 is 15.1 Å². The van der Waals surface area contributed by atoms with E-state index in [4.69, 9.17) is 9.47 Å². The number of nitrogens with zero attached hydrogens (tertiary/aromatic N) is 3. The van der Waals surface area contributed by atoms with Gasteiger partial charge in [0.1, 0.15) is 6.61 Å². The van der Waals surface area contributed by atoms with Gasteiger partial charge in [-0.2, -0.15) is 5.10 Å². The molecule has 7 heteroatoms. The fraction of sp³-hybridized carbons (Fsp3) is 0.333. The number of aromatic nitrogens is 1. The topological polar surface area (TPSA) is 79.2 Å². The van der Waals surface area contributed by atoms with Crippen molar-refractivity contribution >= 4 is 28.4 Å². The molecule has 0 saturated carbocycles. The van der Waals surface area contributed by atoms with Crippen LogP contribution in [-0.4, -0.2) is 54.8 Å². The summed E-state index contributed by atoms with van der Waals surface area (Å²) in [5, 5.41) is 16.7. The lowest BCUT2D eigenvalue weighted by Gasteiger charge is -2.29. The predicted octanol–water partition coefficient (Wildman–Crippen LogP) is 3.67. The van der Waals surface area contributed by atoms with Crippen LogP contribution in [0.3, 0.4) is 0 Å². The van der Waals surface area contributed by atoms with E-state index < -0.39 is 5.60 Å². The molecule has 0 radical (unpaired) electrons. The molecule has 1 fully saturated rings. The van der Waals surface area contributed by atoms with E-state index in [2.05, 4.69) is 44.7 Å². The van der Waals surface area contributed by atoms with Crippen LogP contribution in [-0.2, 0) is 4.74 Å². The van der Waals surface area contributed by atoms with Crippen molar-refractivity contribution in [3.63, 3.8) is 0 Å². The SMILES string of the molecule is CC(C)(O)COc1cc(N2CCOCC2)cc(C=NNc2ccc3ccccc3c2)n1. The van der Waals surface area contributed by atoms with E-state index in [9.17, 15) is 5.11 Å². The minimum atomic E-state index is -0.942. The van der Waals surface area contributed by atoms with Crippen molar-refractivity contribution in [2.24, 2.45) is 5.10 Å². The molecule has 1 aliphatic heterocycles. The van der Waals surface area contributed by atoms with Gasteiger partial charge in [-0.1, -0.05) is 30.3 Å². The highest BCUT2D eigenvalue weighted by atomic mass is 16.5. The average molecular weight is 421 g/mol. The highest BCUT2D eigenvalue weighted by Crippen LogP contribution is 2.23. The zero-order valence-corrected chi connectivity index (χ0v) is 17.9. The molecule has 2 heterocycles. The maximum Gasteiger partial charge on any atom is 0.216 e. The Labute approximate surface area is 182 Å². The van der Waals surface area contributed by atoms with Crippen molar-refractivity contribution in [1.82, 2.24) is 4.98 Å². The van der Waals surface area contributed by atoms with E-state index >= 15 is 0 Å². The summed E-state index contributed by atoms with van der Waals surface area (Å²) in [7, 11) is 0. The Hall–Kier alpha value is -3.16. The summed E-state index contributed by atoms with van der Waals surface area (Å²) in [4.78, 5) is 6.76. The molecule has 0 bridgehead atoms. The second-order valence-electron chi connectivity index (χ2n) is 8.22. The normalized spacial score (nSPS) is 14.9. The molecule has 3 aromatic rings. The largest absolute Gasteiger partial charge is 0.475 e. The molecule has 7 nitrogen and oxygen atoms in total. The zero-order chi connectivity index (χ0) is 21.7. The fourth-order valence-electron chi connectivity index (χ4n) is 3.34. The number of fused-ring (bicyclic) bond motifs is 1. The first-order valence-electron chi connectivity index (χ1n) is 10.4. The van der Waals surface area contributed by atoms with E-state index in [1.54, 1.807) is 20.1 Å². The summed E-state index contributed by atoms with van der Waals surface area (Å²) in [6.45, 7) is 6.55. The quantitative estimate of drug-likeness (QED) is 0.449. The third-order valence-corrected chi connectivity index (χ3v) is 4.90. The summed E-state index contributed by atoms with van der Waals surface area (Å²) in [5.41, 5.74) is 4.70. The third-order valence-electron chi connectivity index (χ3n) is 4.90. The summed E-state index contributed by atoms with van der Waals surface area (Å²) < 4.78 is 11.2. The molecule has 2 N–H and O–H groups in total. The number of ether oxygens (including phenoxy) is 2. The van der Waals surface area contributed by atoms with Crippen molar-refractivity contribution in [1.29, 1.82) is 0 Å². The van der Waals surface area contributed by atoms with E-state index in [0.29, 0.717) is 24.8 Å². The molecular weight excluding hydrogens is 392 g/mol. The molecule has 4 rings (SSSR count). The van der Waals surface area contributed by atoms with Crippen LogP contribution in [0.2, 0.25) is 0 Å². The summed E-state index contributed by atoms with van der Waals surface area (Å²) in [5.74, 6) is 0.457. The molecule has 0 amide bonds. The Kier molecular flexibility index (Phi) is 6.34. The van der Waals surface area contributed by atoms with E-state index in [0.717, 1.165) is 29.9 Å². The molecule has 1 saturated heterocycles. The van der Waals surface area contributed by atoms with Gasteiger partial charge in [-0.05, 0) is 42.8 Å². The molecule has 0 aliphatic carbocycles. The van der Waals surface area contributed by atoms with Crippen LogP contribution in [0.5, 0.6) is 5.88 Å². The number of morpholine rings is 1. The lowest BCUT2D eigenvalue weighted by molar-refractivity contribution is 0.0268. The smallest absolute Gasteiger partial charge is 0.216 e. The minimum absolute atomic E-state index is 0.151. The van der Waals surface area contributed by atoms with Gasteiger partial charge in [0.2, 0.25) is 5.88 Å². The molecule has 2 aromatic carbocycles. The maximum atomic E-state index is 9.99. The molecule has 0 unspecified atom stereocenters. The first-order valence-corrected chi connectivity index (χ1v) is 10.4. The fourth-order valence-corrected chi connectivity index (χ4v) is 3.34. The van der Waals surface area contributed by atoms with Gasteiger partial charge in [0.25, 0.3) is 0 Å². The molecule has 162 valence electrons. The van der Waals surface area contributed by atoms with Crippen molar-refractivity contribution in [3.05, 3.63) is 60.3 Å². The second-order valence-corrected chi connectivity index (χ2v) is 8.22. The van der Waals surface area contributed by atoms with Gasteiger partial charge < -0.3 is 19.5 Å². The van der Waals surface area contributed by atoms with Crippen LogP contribution in [0.15, 0.2) is 59.7 Å². The second kappa shape index (κ2) is 9.32. The van der Waals surface area contributed by atoms with Crippen molar-refractivity contribution in [3.8, 4) is 5.88 Å². The van der Waals surface area contributed by atoms with Crippen LogP contribution in [0.25, 0.3) is 10.8 Å². The standard InChI is InChI=1S/C24H28N4O3/c1-24(2,29)17-31-23-15-22(28-9-11-30-12-10-28)14-21(26-23)16-25-27-20-8-7-18-5-3-4-6-19(18)13-20/h3-8,13-16,27,29H,9-12,17H2,1-2H3. The Balaban J connectivity index is 1.53. The molecule has 1 aromatic heterocycles. The van der Waals surface area contributed by atoms with E-state index in [1.165, 1.54) is 5.39 Å². The van der Waals surface area contributed by atoms with Gasteiger partial charge in [-0.25, -0.2) is 4.98 Å². The van der Waals surface area contributed by atoms with Gasteiger partial charge >= 0.3 is 0 Å². The number of hydrogen-bond donors (Lipinski definition) is 2. The number of hydrogen-bond acceptors (Lipinski definition) is 7. The number of nitrogens with one attached hydrogen (secondary N) is 1. The minimum Gasteiger partial charge on any atom is -0.475 e. The van der Waals surface area contributed by atoms with Crippen molar-refractivity contribution in [2.45, 2.75) is 19.4 Å². The third kappa shape index (κ3) is 5.93. The lowest BCUT2D eigenvalue weighted by atomic mass is 10.1. The van der Waals surface area contributed by atoms with Gasteiger partial charge in [0.05, 0.1) is 36.4 Å². The molecule has 1 aliphatic rings. The summed E-state index contributed by atoms with van der Waals surface area (Å²) >= 11 is 0. The zero-order valence-electron chi connectivity index (χ0n) is 17.9. The summed E-state index contributed by atoms with van der Waals surface area (Å²) in [6.07, 6.45) is 1.68. The maximum absolute atomic E-state index is 9.99. The van der Waals surface area contributed by atoms with Crippen molar-refractivity contribution in [2.75, 3.05) is 43.2 Å². The van der Waals surface area contributed by atoms with Gasteiger partial charge in [0, 0.05) is 24.8 Å². The van der Waals surface area contributed by atoms with Crippen molar-refractivity contribution < 1.29 is 14.6 Å². The lowest BCUT2D eigenvalue weighted by Crippen LogP contribution is -2.36. The highest BCUT2D eigenvalue weighted by molar-refractivity contribution is 5.86. The number of hydrazone groups is 1. The molecule has 31 heavy (non-hydrogen) atoms. The Morgan fingerprint density at radius 3 is 2.68 bits per heavy atom. The highest BCUT2D eigenvalue weighted by Gasteiger charge is 2.17. The number of anilines is 2. The Bertz CT molecular complexity index is 1060. The van der Waals surface area contributed by atoms with Crippen LogP contribution >= 0.6 is 0 Å². The predicted molar refractivity (Wildman–Crippen MR) is 124 cm³/mol. The van der Waals surface area contributed by atoms with E-state index in [1.807, 2.05) is 30.3 Å². The number of benzene rings is 2. The van der Waals surface area contributed by atoms with Gasteiger partial charge in [-0.15, -0.1) is 0 Å².